The topological polar surface area (TPSA) is 65.8 Å². The third-order valence-corrected chi connectivity index (χ3v) is 7.30. The van der Waals surface area contributed by atoms with Gasteiger partial charge in [0.1, 0.15) is 17.4 Å². The Hall–Kier alpha value is -2.75. The van der Waals surface area contributed by atoms with Crippen molar-refractivity contribution in [3.05, 3.63) is 83.8 Å². The maximum atomic E-state index is 13.4. The van der Waals surface area contributed by atoms with E-state index in [1.54, 1.807) is 31.4 Å². The molecule has 0 radical (unpaired) electrons. The predicted molar refractivity (Wildman–Crippen MR) is 118 cm³/mol. The van der Waals surface area contributed by atoms with Crippen LogP contribution in [-0.2, 0) is 10.0 Å². The van der Waals surface area contributed by atoms with E-state index in [4.69, 9.17) is 4.42 Å². The van der Waals surface area contributed by atoms with Gasteiger partial charge in [-0.3, -0.25) is 4.90 Å². The zero-order chi connectivity index (χ0) is 22.7. The van der Waals surface area contributed by atoms with E-state index >= 15 is 0 Å². The van der Waals surface area contributed by atoms with Crippen molar-refractivity contribution >= 4 is 15.7 Å². The van der Waals surface area contributed by atoms with Crippen molar-refractivity contribution in [1.82, 2.24) is 9.62 Å². The molecule has 1 aliphatic heterocycles. The lowest BCUT2D eigenvalue weighted by atomic mass is 10.1. The van der Waals surface area contributed by atoms with E-state index in [-0.39, 0.29) is 23.3 Å². The largest absolute Gasteiger partial charge is 0.468 e. The fraction of sp³-hybridized carbons (Fsp3) is 0.304. The number of nitrogens with zero attached hydrogens (tertiary/aromatic N) is 2. The molecule has 1 aliphatic rings. The molecule has 2 aromatic carbocycles. The number of anilines is 1. The van der Waals surface area contributed by atoms with E-state index in [1.807, 2.05) is 6.07 Å². The van der Waals surface area contributed by atoms with Gasteiger partial charge < -0.3 is 9.32 Å². The second kappa shape index (κ2) is 9.40. The minimum atomic E-state index is -3.82. The van der Waals surface area contributed by atoms with Gasteiger partial charge in [0.25, 0.3) is 0 Å². The van der Waals surface area contributed by atoms with Crippen LogP contribution in [-0.4, -0.2) is 46.0 Å². The average molecular weight is 462 g/mol. The molecule has 1 N–H and O–H groups in total. The van der Waals surface area contributed by atoms with E-state index in [0.717, 1.165) is 11.8 Å². The highest BCUT2D eigenvalue weighted by Crippen LogP contribution is 2.25. The monoisotopic (exact) mass is 461 g/mol. The fourth-order valence-corrected chi connectivity index (χ4v) is 5.28. The summed E-state index contributed by atoms with van der Waals surface area (Å²) in [7, 11) is -3.82. The van der Waals surface area contributed by atoms with E-state index in [9.17, 15) is 17.2 Å². The first-order valence-electron chi connectivity index (χ1n) is 10.4. The summed E-state index contributed by atoms with van der Waals surface area (Å²) in [6.45, 7) is 4.47. The summed E-state index contributed by atoms with van der Waals surface area (Å²) >= 11 is 0. The Labute approximate surface area is 186 Å². The van der Waals surface area contributed by atoms with Crippen LogP contribution in [0.5, 0.6) is 0 Å². The Morgan fingerprint density at radius 1 is 1.00 bits per heavy atom. The molecule has 170 valence electrons. The second-order valence-corrected chi connectivity index (χ2v) is 9.53. The van der Waals surface area contributed by atoms with Crippen LogP contribution < -0.4 is 9.62 Å². The minimum absolute atomic E-state index is 0.0539. The molecule has 1 aromatic heterocycles. The molecule has 1 atom stereocenters. The van der Waals surface area contributed by atoms with Crippen molar-refractivity contribution in [3.8, 4) is 0 Å². The standard InChI is InChI=1S/C23H25F2N3O3S/c1-17-15-19(25)6-9-23(17)32(29,30)26-16-21(22-3-2-14-31-22)28-12-10-27(11-13-28)20-7-4-18(24)5-8-20/h2-9,14-15,21,26H,10-13,16H2,1H3. The van der Waals surface area contributed by atoms with Crippen LogP contribution in [0.4, 0.5) is 14.5 Å². The number of furan rings is 1. The van der Waals surface area contributed by atoms with E-state index in [2.05, 4.69) is 14.5 Å². The molecule has 0 saturated carbocycles. The molecule has 4 rings (SSSR count). The van der Waals surface area contributed by atoms with Crippen LogP contribution in [0.3, 0.4) is 0 Å². The molecule has 0 spiro atoms. The normalized spacial score (nSPS) is 16.3. The summed E-state index contributed by atoms with van der Waals surface area (Å²) < 4.78 is 60.6. The molecule has 0 bridgehead atoms. The third kappa shape index (κ3) is 5.01. The Bertz CT molecular complexity index is 1140. The maximum Gasteiger partial charge on any atom is 0.240 e. The zero-order valence-electron chi connectivity index (χ0n) is 17.7. The minimum Gasteiger partial charge on any atom is -0.468 e. The number of hydrogen-bond donors (Lipinski definition) is 1. The lowest BCUT2D eigenvalue weighted by Gasteiger charge is -2.39. The molecule has 1 unspecified atom stereocenters. The molecular weight excluding hydrogens is 436 g/mol. The summed E-state index contributed by atoms with van der Waals surface area (Å²) in [5.41, 5.74) is 1.30. The van der Waals surface area contributed by atoms with Gasteiger partial charge in [0.15, 0.2) is 0 Å². The van der Waals surface area contributed by atoms with Crippen molar-refractivity contribution in [2.45, 2.75) is 17.9 Å². The average Bonchev–Trinajstić information content (AvgIpc) is 3.29. The quantitative estimate of drug-likeness (QED) is 0.581. The summed E-state index contributed by atoms with van der Waals surface area (Å²) in [4.78, 5) is 4.39. The van der Waals surface area contributed by atoms with Gasteiger partial charge >= 0.3 is 0 Å². The van der Waals surface area contributed by atoms with Gasteiger partial charge in [-0.1, -0.05) is 0 Å². The van der Waals surface area contributed by atoms with E-state index < -0.39 is 15.8 Å². The number of nitrogens with one attached hydrogen (secondary N) is 1. The van der Waals surface area contributed by atoms with Crippen LogP contribution in [0.25, 0.3) is 0 Å². The summed E-state index contributed by atoms with van der Waals surface area (Å²) in [5.74, 6) is -0.0818. The summed E-state index contributed by atoms with van der Waals surface area (Å²) in [5, 5.41) is 0. The van der Waals surface area contributed by atoms with Gasteiger partial charge in [0.05, 0.1) is 17.2 Å². The SMILES string of the molecule is Cc1cc(F)ccc1S(=O)(=O)NCC(c1ccco1)N1CCN(c2ccc(F)cc2)CC1. The van der Waals surface area contributed by atoms with Crippen LogP contribution in [0.15, 0.2) is 70.2 Å². The van der Waals surface area contributed by atoms with Gasteiger partial charge in [0.2, 0.25) is 10.0 Å². The molecular formula is C23H25F2N3O3S. The Morgan fingerprint density at radius 3 is 2.31 bits per heavy atom. The number of benzene rings is 2. The van der Waals surface area contributed by atoms with Gasteiger partial charge in [-0.05, 0) is 67.1 Å². The maximum absolute atomic E-state index is 13.4. The second-order valence-electron chi connectivity index (χ2n) is 7.79. The first-order chi connectivity index (χ1) is 15.3. The number of halogens is 2. The molecule has 3 aromatic rings. The van der Waals surface area contributed by atoms with Gasteiger partial charge in [-0.2, -0.15) is 0 Å². The summed E-state index contributed by atoms with van der Waals surface area (Å²) in [6.07, 6.45) is 1.57. The predicted octanol–water partition coefficient (Wildman–Crippen LogP) is 3.71. The molecule has 2 heterocycles. The van der Waals surface area contributed by atoms with E-state index in [0.29, 0.717) is 37.5 Å². The molecule has 9 heteroatoms. The number of rotatable bonds is 7. The smallest absolute Gasteiger partial charge is 0.240 e. The fourth-order valence-electron chi connectivity index (χ4n) is 4.01. The number of hydrogen-bond acceptors (Lipinski definition) is 5. The number of sulfonamides is 1. The lowest BCUT2D eigenvalue weighted by Crippen LogP contribution is -2.49. The molecule has 1 fully saturated rings. The van der Waals surface area contributed by atoms with Crippen molar-refractivity contribution in [3.63, 3.8) is 0 Å². The van der Waals surface area contributed by atoms with Gasteiger partial charge in [0, 0.05) is 38.4 Å². The third-order valence-electron chi connectivity index (χ3n) is 5.71. The van der Waals surface area contributed by atoms with Crippen molar-refractivity contribution in [2.24, 2.45) is 0 Å². The van der Waals surface area contributed by atoms with Crippen molar-refractivity contribution in [1.29, 1.82) is 0 Å². The zero-order valence-corrected chi connectivity index (χ0v) is 18.5. The van der Waals surface area contributed by atoms with Gasteiger partial charge in [-0.25, -0.2) is 21.9 Å². The Morgan fingerprint density at radius 2 is 1.69 bits per heavy atom. The van der Waals surface area contributed by atoms with E-state index in [1.165, 1.54) is 24.3 Å². The highest BCUT2D eigenvalue weighted by Gasteiger charge is 2.29. The number of piperazine rings is 1. The van der Waals surface area contributed by atoms with Gasteiger partial charge in [-0.15, -0.1) is 0 Å². The first kappa shape index (κ1) is 22.4. The van der Waals surface area contributed by atoms with Crippen molar-refractivity contribution in [2.75, 3.05) is 37.6 Å². The highest BCUT2D eigenvalue weighted by atomic mass is 32.2. The van der Waals surface area contributed by atoms with Crippen LogP contribution >= 0.6 is 0 Å². The molecule has 32 heavy (non-hydrogen) atoms. The molecule has 6 nitrogen and oxygen atoms in total. The van der Waals surface area contributed by atoms with Crippen LogP contribution in [0.1, 0.15) is 17.4 Å². The van der Waals surface area contributed by atoms with Crippen LogP contribution in [0, 0.1) is 18.6 Å². The first-order valence-corrected chi connectivity index (χ1v) is 11.9. The summed E-state index contributed by atoms with van der Waals surface area (Å²) in [6, 6.07) is 13.3. The molecule has 1 saturated heterocycles. The number of aryl methyl sites for hydroxylation is 1. The van der Waals surface area contributed by atoms with Crippen LogP contribution in [0.2, 0.25) is 0 Å². The van der Waals surface area contributed by atoms with Crippen molar-refractivity contribution < 1.29 is 21.6 Å². The Kier molecular flexibility index (Phi) is 6.59. The lowest BCUT2D eigenvalue weighted by molar-refractivity contribution is 0.166. The Balaban J connectivity index is 1.46. The molecule has 0 amide bonds. The molecule has 0 aliphatic carbocycles. The highest BCUT2D eigenvalue weighted by molar-refractivity contribution is 7.89.